The van der Waals surface area contributed by atoms with E-state index >= 15 is 0 Å². The molecule has 0 fully saturated rings. The number of rotatable bonds is 4. The molecule has 1 N–H and O–H groups in total. The fourth-order valence-corrected chi connectivity index (χ4v) is 1.28. The summed E-state index contributed by atoms with van der Waals surface area (Å²) in [5.41, 5.74) is 0.296. The second-order valence-electron chi connectivity index (χ2n) is 2.91. The number of methoxy groups -OCH3 is 1. The van der Waals surface area contributed by atoms with E-state index in [1.165, 1.54) is 0 Å². The smallest absolute Gasteiger partial charge is 0.352 e. The maximum atomic E-state index is 10.7. The lowest BCUT2D eigenvalue weighted by Gasteiger charge is -2.14. The summed E-state index contributed by atoms with van der Waals surface area (Å²) in [4.78, 5) is 10.7. The zero-order valence-electron chi connectivity index (χ0n) is 7.73. The number of nitrogens with zero attached hydrogens (tertiary/aromatic N) is 1. The summed E-state index contributed by atoms with van der Waals surface area (Å²) in [5, 5.41) is 8.81. The lowest BCUT2D eigenvalue weighted by Crippen LogP contribution is -2.15. The quantitative estimate of drug-likeness (QED) is 0.767. The maximum absolute atomic E-state index is 10.7. The molecule has 0 saturated carbocycles. The number of hydrogen-bond acceptors (Lipinski definition) is 2. The Kier molecular flexibility index (Phi) is 3.08. The van der Waals surface area contributed by atoms with Crippen molar-refractivity contribution in [2.75, 3.05) is 13.7 Å². The SMILES string of the molecule is COCC(C)n1cccc1C(=O)O. The number of ether oxygens (including phenoxy) is 1. The number of aromatic nitrogens is 1. The molecule has 0 saturated heterocycles. The van der Waals surface area contributed by atoms with E-state index in [0.717, 1.165) is 0 Å². The van der Waals surface area contributed by atoms with Gasteiger partial charge < -0.3 is 14.4 Å². The van der Waals surface area contributed by atoms with Crippen molar-refractivity contribution in [2.24, 2.45) is 0 Å². The Morgan fingerprint density at radius 3 is 3.00 bits per heavy atom. The highest BCUT2D eigenvalue weighted by atomic mass is 16.5. The molecule has 0 spiro atoms. The van der Waals surface area contributed by atoms with Gasteiger partial charge in [0, 0.05) is 13.3 Å². The Hall–Kier alpha value is -1.29. The minimum absolute atomic E-state index is 0.0473. The molecule has 1 heterocycles. The van der Waals surface area contributed by atoms with Gasteiger partial charge in [0.05, 0.1) is 12.6 Å². The minimum atomic E-state index is -0.909. The second kappa shape index (κ2) is 4.09. The molecule has 72 valence electrons. The Labute approximate surface area is 76.7 Å². The van der Waals surface area contributed by atoms with Crippen LogP contribution in [0.25, 0.3) is 0 Å². The first kappa shape index (κ1) is 9.80. The van der Waals surface area contributed by atoms with E-state index in [4.69, 9.17) is 9.84 Å². The van der Waals surface area contributed by atoms with Crippen LogP contribution in [0, 0.1) is 0 Å². The highest BCUT2D eigenvalue weighted by Gasteiger charge is 2.12. The Bertz CT molecular complexity index is 293. The summed E-state index contributed by atoms with van der Waals surface area (Å²) in [6.45, 7) is 2.42. The van der Waals surface area contributed by atoms with E-state index in [9.17, 15) is 4.79 Å². The number of carbonyl (C=O) groups is 1. The van der Waals surface area contributed by atoms with Crippen LogP contribution in [-0.2, 0) is 4.74 Å². The summed E-state index contributed by atoms with van der Waals surface area (Å²) >= 11 is 0. The Morgan fingerprint density at radius 2 is 2.46 bits per heavy atom. The van der Waals surface area contributed by atoms with Crippen LogP contribution in [0.5, 0.6) is 0 Å². The lowest BCUT2D eigenvalue weighted by atomic mass is 10.3. The van der Waals surface area contributed by atoms with Gasteiger partial charge in [-0.05, 0) is 19.1 Å². The molecule has 0 bridgehead atoms. The predicted molar refractivity (Wildman–Crippen MR) is 48.0 cm³/mol. The van der Waals surface area contributed by atoms with E-state index < -0.39 is 5.97 Å². The highest BCUT2D eigenvalue weighted by Crippen LogP contribution is 2.11. The molecule has 1 rings (SSSR count). The molecule has 1 aromatic rings. The normalized spacial score (nSPS) is 12.8. The van der Waals surface area contributed by atoms with Gasteiger partial charge in [0.25, 0.3) is 0 Å². The topological polar surface area (TPSA) is 51.5 Å². The summed E-state index contributed by atoms with van der Waals surface area (Å²) in [6, 6.07) is 3.34. The van der Waals surface area contributed by atoms with Crippen LogP contribution in [0.4, 0.5) is 0 Å². The van der Waals surface area contributed by atoms with Crippen molar-refractivity contribution in [3.05, 3.63) is 24.0 Å². The molecule has 1 unspecified atom stereocenters. The van der Waals surface area contributed by atoms with Gasteiger partial charge in [-0.15, -0.1) is 0 Å². The van der Waals surface area contributed by atoms with Gasteiger partial charge in [0.2, 0.25) is 0 Å². The summed E-state index contributed by atoms with van der Waals surface area (Å²) in [6.07, 6.45) is 1.74. The average Bonchev–Trinajstić information content (AvgIpc) is 2.52. The van der Waals surface area contributed by atoms with Gasteiger partial charge in [0.1, 0.15) is 5.69 Å². The van der Waals surface area contributed by atoms with E-state index in [-0.39, 0.29) is 6.04 Å². The molecule has 0 amide bonds. The van der Waals surface area contributed by atoms with Crippen molar-refractivity contribution in [3.8, 4) is 0 Å². The molecular weight excluding hydrogens is 170 g/mol. The average molecular weight is 183 g/mol. The molecule has 13 heavy (non-hydrogen) atoms. The Balaban J connectivity index is 2.86. The minimum Gasteiger partial charge on any atom is -0.477 e. The van der Waals surface area contributed by atoms with Crippen molar-refractivity contribution in [2.45, 2.75) is 13.0 Å². The van der Waals surface area contributed by atoms with Crippen LogP contribution in [-0.4, -0.2) is 29.4 Å². The fourth-order valence-electron chi connectivity index (χ4n) is 1.28. The third-order valence-electron chi connectivity index (χ3n) is 1.88. The van der Waals surface area contributed by atoms with E-state index in [1.807, 2.05) is 6.92 Å². The second-order valence-corrected chi connectivity index (χ2v) is 2.91. The number of aromatic carboxylic acids is 1. The number of carboxylic acid groups (broad SMARTS) is 1. The van der Waals surface area contributed by atoms with Crippen LogP contribution in [0.15, 0.2) is 18.3 Å². The van der Waals surface area contributed by atoms with Gasteiger partial charge in [-0.3, -0.25) is 0 Å². The molecule has 0 aliphatic rings. The molecule has 4 nitrogen and oxygen atoms in total. The lowest BCUT2D eigenvalue weighted by molar-refractivity contribution is 0.0678. The zero-order valence-corrected chi connectivity index (χ0v) is 7.73. The van der Waals surface area contributed by atoms with Gasteiger partial charge >= 0.3 is 5.97 Å². The van der Waals surface area contributed by atoms with E-state index in [2.05, 4.69) is 0 Å². The Morgan fingerprint density at radius 1 is 1.77 bits per heavy atom. The monoisotopic (exact) mass is 183 g/mol. The summed E-state index contributed by atoms with van der Waals surface area (Å²) in [5.74, 6) is -0.909. The van der Waals surface area contributed by atoms with Gasteiger partial charge in [0.15, 0.2) is 0 Å². The highest BCUT2D eigenvalue weighted by molar-refractivity contribution is 5.85. The molecule has 1 aromatic heterocycles. The van der Waals surface area contributed by atoms with Crippen LogP contribution >= 0.6 is 0 Å². The first-order valence-electron chi connectivity index (χ1n) is 4.06. The van der Waals surface area contributed by atoms with Crippen LogP contribution in [0.3, 0.4) is 0 Å². The van der Waals surface area contributed by atoms with Crippen molar-refractivity contribution >= 4 is 5.97 Å². The summed E-state index contributed by atoms with van der Waals surface area (Å²) < 4.78 is 6.63. The molecular formula is C9H13NO3. The molecule has 4 heteroatoms. The number of carboxylic acids is 1. The third kappa shape index (κ3) is 2.09. The van der Waals surface area contributed by atoms with Gasteiger partial charge in [-0.25, -0.2) is 4.79 Å². The predicted octanol–water partition coefficient (Wildman–Crippen LogP) is 1.39. The third-order valence-corrected chi connectivity index (χ3v) is 1.88. The van der Waals surface area contributed by atoms with Crippen LogP contribution < -0.4 is 0 Å². The van der Waals surface area contributed by atoms with Gasteiger partial charge in [-0.1, -0.05) is 0 Å². The standard InChI is InChI=1S/C9H13NO3/c1-7(6-13-2)10-5-3-4-8(10)9(11)12/h3-5,7H,6H2,1-2H3,(H,11,12). The number of hydrogen-bond donors (Lipinski definition) is 1. The van der Waals surface area contributed by atoms with E-state index in [0.29, 0.717) is 12.3 Å². The maximum Gasteiger partial charge on any atom is 0.352 e. The molecule has 1 atom stereocenters. The first-order valence-corrected chi connectivity index (χ1v) is 4.06. The zero-order chi connectivity index (χ0) is 9.84. The summed E-state index contributed by atoms with van der Waals surface area (Å²) in [7, 11) is 1.60. The van der Waals surface area contributed by atoms with Crippen molar-refractivity contribution < 1.29 is 14.6 Å². The molecule has 0 aliphatic heterocycles. The molecule has 0 aromatic carbocycles. The van der Waals surface area contributed by atoms with Crippen molar-refractivity contribution in [1.82, 2.24) is 4.57 Å². The van der Waals surface area contributed by atoms with Crippen LogP contribution in [0.2, 0.25) is 0 Å². The first-order chi connectivity index (χ1) is 6.16. The van der Waals surface area contributed by atoms with Crippen LogP contribution in [0.1, 0.15) is 23.5 Å². The largest absolute Gasteiger partial charge is 0.477 e. The van der Waals surface area contributed by atoms with Gasteiger partial charge in [-0.2, -0.15) is 0 Å². The van der Waals surface area contributed by atoms with Crippen molar-refractivity contribution in [1.29, 1.82) is 0 Å². The fraction of sp³-hybridized carbons (Fsp3) is 0.444. The molecule has 0 aliphatic carbocycles. The molecule has 0 radical (unpaired) electrons. The van der Waals surface area contributed by atoms with E-state index in [1.54, 1.807) is 30.0 Å². The van der Waals surface area contributed by atoms with Crippen molar-refractivity contribution in [3.63, 3.8) is 0 Å².